The fourth-order valence-electron chi connectivity index (χ4n) is 2.93. The molecular formula is C16H24N2O2. The molecule has 20 heavy (non-hydrogen) atoms. The molecule has 4 nitrogen and oxygen atoms in total. The molecule has 3 rings (SSSR count). The van der Waals surface area contributed by atoms with E-state index in [4.69, 9.17) is 4.42 Å². The van der Waals surface area contributed by atoms with Gasteiger partial charge in [-0.05, 0) is 37.3 Å². The van der Waals surface area contributed by atoms with Crippen molar-refractivity contribution in [2.75, 3.05) is 6.54 Å². The van der Waals surface area contributed by atoms with Gasteiger partial charge in [-0.15, -0.1) is 0 Å². The summed E-state index contributed by atoms with van der Waals surface area (Å²) in [5.41, 5.74) is 0. The van der Waals surface area contributed by atoms with E-state index in [-0.39, 0.29) is 5.91 Å². The van der Waals surface area contributed by atoms with E-state index in [0.29, 0.717) is 24.9 Å². The van der Waals surface area contributed by atoms with Crippen molar-refractivity contribution in [3.05, 3.63) is 23.7 Å². The number of carbonyl (C=O) groups is 1. The van der Waals surface area contributed by atoms with Crippen molar-refractivity contribution < 1.29 is 9.21 Å². The average Bonchev–Trinajstić information content (AvgIpc) is 3.05. The molecule has 1 N–H and O–H groups in total. The van der Waals surface area contributed by atoms with E-state index in [1.807, 2.05) is 17.0 Å². The lowest BCUT2D eigenvalue weighted by Gasteiger charge is -2.14. The van der Waals surface area contributed by atoms with Crippen molar-refractivity contribution in [2.45, 2.75) is 58.2 Å². The maximum Gasteiger partial charge on any atom is 0.223 e. The van der Waals surface area contributed by atoms with Crippen molar-refractivity contribution in [1.29, 1.82) is 0 Å². The SMILES string of the molecule is CCCC1CC(=O)N(Cc2ccc(CNC3CC3)o2)C1. The van der Waals surface area contributed by atoms with Crippen LogP contribution in [0.25, 0.3) is 0 Å². The van der Waals surface area contributed by atoms with Gasteiger partial charge in [0.2, 0.25) is 5.91 Å². The van der Waals surface area contributed by atoms with Gasteiger partial charge in [-0.1, -0.05) is 13.3 Å². The molecule has 2 heterocycles. The molecule has 1 saturated carbocycles. The van der Waals surface area contributed by atoms with Crippen LogP contribution in [-0.2, 0) is 17.9 Å². The van der Waals surface area contributed by atoms with Crippen LogP contribution < -0.4 is 5.32 Å². The Bertz CT molecular complexity index is 465. The maximum atomic E-state index is 12.0. The van der Waals surface area contributed by atoms with Gasteiger partial charge in [0.15, 0.2) is 0 Å². The van der Waals surface area contributed by atoms with E-state index in [0.717, 1.165) is 37.5 Å². The second kappa shape index (κ2) is 6.00. The standard InChI is InChI=1S/C16H24N2O2/c1-2-3-12-8-16(19)18(10-12)11-15-7-6-14(20-15)9-17-13-4-5-13/h6-7,12-13,17H,2-5,8-11H2,1H3. The van der Waals surface area contributed by atoms with Gasteiger partial charge < -0.3 is 14.6 Å². The second-order valence-electron chi connectivity index (χ2n) is 6.16. The molecule has 1 aromatic heterocycles. The summed E-state index contributed by atoms with van der Waals surface area (Å²) in [4.78, 5) is 13.9. The third kappa shape index (κ3) is 3.42. The first kappa shape index (κ1) is 13.7. The van der Waals surface area contributed by atoms with E-state index in [1.165, 1.54) is 12.8 Å². The summed E-state index contributed by atoms with van der Waals surface area (Å²) in [5, 5.41) is 3.44. The van der Waals surface area contributed by atoms with E-state index >= 15 is 0 Å². The van der Waals surface area contributed by atoms with Crippen LogP contribution in [0.2, 0.25) is 0 Å². The van der Waals surface area contributed by atoms with Crippen LogP contribution in [0.3, 0.4) is 0 Å². The highest BCUT2D eigenvalue weighted by atomic mass is 16.3. The molecule has 1 unspecified atom stereocenters. The van der Waals surface area contributed by atoms with Gasteiger partial charge in [-0.3, -0.25) is 4.79 Å². The van der Waals surface area contributed by atoms with Gasteiger partial charge in [-0.2, -0.15) is 0 Å². The Morgan fingerprint density at radius 3 is 2.90 bits per heavy atom. The van der Waals surface area contributed by atoms with E-state index in [1.54, 1.807) is 0 Å². The lowest BCUT2D eigenvalue weighted by molar-refractivity contribution is -0.128. The Labute approximate surface area is 120 Å². The van der Waals surface area contributed by atoms with Crippen LogP contribution in [0.4, 0.5) is 0 Å². The molecule has 1 atom stereocenters. The fourth-order valence-corrected chi connectivity index (χ4v) is 2.93. The van der Waals surface area contributed by atoms with Crippen molar-refractivity contribution >= 4 is 5.91 Å². The highest BCUT2D eigenvalue weighted by molar-refractivity contribution is 5.78. The van der Waals surface area contributed by atoms with Crippen molar-refractivity contribution in [2.24, 2.45) is 5.92 Å². The largest absolute Gasteiger partial charge is 0.463 e. The molecule has 2 fully saturated rings. The van der Waals surface area contributed by atoms with Crippen LogP contribution in [-0.4, -0.2) is 23.4 Å². The average molecular weight is 276 g/mol. The number of nitrogens with one attached hydrogen (secondary N) is 1. The van der Waals surface area contributed by atoms with E-state index in [2.05, 4.69) is 12.2 Å². The zero-order chi connectivity index (χ0) is 13.9. The number of hydrogen-bond acceptors (Lipinski definition) is 3. The van der Waals surface area contributed by atoms with Gasteiger partial charge in [0, 0.05) is 19.0 Å². The highest BCUT2D eigenvalue weighted by Gasteiger charge is 2.29. The first-order chi connectivity index (χ1) is 9.74. The molecule has 1 aromatic rings. The molecule has 1 aliphatic heterocycles. The number of furan rings is 1. The summed E-state index contributed by atoms with van der Waals surface area (Å²) in [7, 11) is 0. The van der Waals surface area contributed by atoms with Crippen LogP contribution in [0.15, 0.2) is 16.5 Å². The number of likely N-dealkylation sites (tertiary alicyclic amines) is 1. The summed E-state index contributed by atoms with van der Waals surface area (Å²) in [5.74, 6) is 2.70. The van der Waals surface area contributed by atoms with E-state index < -0.39 is 0 Å². The molecule has 0 bridgehead atoms. The normalized spacial score (nSPS) is 22.8. The van der Waals surface area contributed by atoms with Gasteiger partial charge in [-0.25, -0.2) is 0 Å². The molecule has 1 aliphatic carbocycles. The van der Waals surface area contributed by atoms with E-state index in [9.17, 15) is 4.79 Å². The highest BCUT2D eigenvalue weighted by Crippen LogP contribution is 2.24. The van der Waals surface area contributed by atoms with Gasteiger partial charge >= 0.3 is 0 Å². The summed E-state index contributed by atoms with van der Waals surface area (Å²) >= 11 is 0. The quantitative estimate of drug-likeness (QED) is 0.833. The number of nitrogens with zero attached hydrogens (tertiary/aromatic N) is 1. The molecule has 0 aromatic carbocycles. The predicted octanol–water partition coefficient (Wildman–Crippen LogP) is 2.68. The molecule has 110 valence electrons. The minimum atomic E-state index is 0.275. The van der Waals surface area contributed by atoms with Crippen molar-refractivity contribution in [1.82, 2.24) is 10.2 Å². The molecule has 0 radical (unpaired) electrons. The van der Waals surface area contributed by atoms with Crippen molar-refractivity contribution in [3.8, 4) is 0 Å². The Kier molecular flexibility index (Phi) is 4.10. The molecule has 0 spiro atoms. The number of rotatable bonds is 7. The Balaban J connectivity index is 1.50. The third-order valence-electron chi connectivity index (χ3n) is 4.20. The fraction of sp³-hybridized carbons (Fsp3) is 0.688. The molecule has 1 saturated heterocycles. The molecule has 2 aliphatic rings. The smallest absolute Gasteiger partial charge is 0.223 e. The first-order valence-electron chi connectivity index (χ1n) is 7.83. The zero-order valence-electron chi connectivity index (χ0n) is 12.2. The molecule has 1 amide bonds. The summed E-state index contributed by atoms with van der Waals surface area (Å²) in [6.07, 6.45) is 5.59. The monoisotopic (exact) mass is 276 g/mol. The van der Waals surface area contributed by atoms with Gasteiger partial charge in [0.25, 0.3) is 0 Å². The van der Waals surface area contributed by atoms with Gasteiger partial charge in [0.1, 0.15) is 11.5 Å². The minimum Gasteiger partial charge on any atom is -0.463 e. The predicted molar refractivity (Wildman–Crippen MR) is 77.0 cm³/mol. The lowest BCUT2D eigenvalue weighted by Crippen LogP contribution is -2.24. The summed E-state index contributed by atoms with van der Waals surface area (Å²) in [6.45, 7) is 4.50. The topological polar surface area (TPSA) is 45.5 Å². The Morgan fingerprint density at radius 2 is 2.15 bits per heavy atom. The van der Waals surface area contributed by atoms with Gasteiger partial charge in [0.05, 0.1) is 13.1 Å². The molecule has 4 heteroatoms. The second-order valence-corrected chi connectivity index (χ2v) is 6.16. The number of carbonyl (C=O) groups excluding carboxylic acids is 1. The van der Waals surface area contributed by atoms with Crippen LogP contribution in [0.5, 0.6) is 0 Å². The van der Waals surface area contributed by atoms with Crippen LogP contribution >= 0.6 is 0 Å². The zero-order valence-corrected chi connectivity index (χ0v) is 12.2. The van der Waals surface area contributed by atoms with Crippen molar-refractivity contribution in [3.63, 3.8) is 0 Å². The number of amides is 1. The number of hydrogen-bond donors (Lipinski definition) is 1. The molecular weight excluding hydrogens is 252 g/mol. The van der Waals surface area contributed by atoms with Crippen LogP contribution in [0.1, 0.15) is 50.5 Å². The maximum absolute atomic E-state index is 12.0. The van der Waals surface area contributed by atoms with Crippen LogP contribution in [0, 0.1) is 5.92 Å². The minimum absolute atomic E-state index is 0.275. The lowest BCUT2D eigenvalue weighted by atomic mass is 10.0. The summed E-state index contributed by atoms with van der Waals surface area (Å²) in [6, 6.07) is 4.72. The Hall–Kier alpha value is -1.29. The first-order valence-corrected chi connectivity index (χ1v) is 7.83. The third-order valence-corrected chi connectivity index (χ3v) is 4.20. The summed E-state index contributed by atoms with van der Waals surface area (Å²) < 4.78 is 5.81. The Morgan fingerprint density at radius 1 is 1.35 bits per heavy atom.